The van der Waals surface area contributed by atoms with Crippen LogP contribution in [0.3, 0.4) is 0 Å². The molecule has 0 unspecified atom stereocenters. The fourth-order valence-electron chi connectivity index (χ4n) is 1.85. The highest BCUT2D eigenvalue weighted by molar-refractivity contribution is 5.97. The van der Waals surface area contributed by atoms with Gasteiger partial charge in [0, 0.05) is 5.56 Å². The lowest BCUT2D eigenvalue weighted by atomic mass is 10.1. The van der Waals surface area contributed by atoms with Gasteiger partial charge in [0.15, 0.2) is 11.3 Å². The van der Waals surface area contributed by atoms with Gasteiger partial charge in [-0.1, -0.05) is 30.3 Å². The predicted molar refractivity (Wildman–Crippen MR) is 69.1 cm³/mol. The van der Waals surface area contributed by atoms with Gasteiger partial charge in [0.25, 0.3) is 5.91 Å². The zero-order valence-corrected chi connectivity index (χ0v) is 9.82. The number of nitrogens with two attached hydrogens (primary N) is 2. The quantitative estimate of drug-likeness (QED) is 0.690. The zero-order chi connectivity index (χ0) is 13.4. The summed E-state index contributed by atoms with van der Waals surface area (Å²) in [6.45, 7) is 0. The van der Waals surface area contributed by atoms with Crippen molar-refractivity contribution in [3.05, 3.63) is 42.4 Å². The first-order valence-electron chi connectivity index (χ1n) is 5.53. The number of amides is 1. The number of aromatic nitrogens is 4. The number of fused-ring (bicyclic) bond motifs is 1. The highest BCUT2D eigenvalue weighted by atomic mass is 16.1. The third-order valence-electron chi connectivity index (χ3n) is 2.77. The Bertz CT molecular complexity index is 764. The molecular formula is C12H10N6O. The molecule has 0 spiro atoms. The smallest absolute Gasteiger partial charge is 0.271 e. The Balaban J connectivity index is 2.26. The molecule has 94 valence electrons. The molecule has 0 atom stereocenters. The van der Waals surface area contributed by atoms with Gasteiger partial charge in [-0.3, -0.25) is 9.20 Å². The van der Waals surface area contributed by atoms with E-state index in [4.69, 9.17) is 11.5 Å². The van der Waals surface area contributed by atoms with Crippen LogP contribution in [-0.2, 0) is 0 Å². The van der Waals surface area contributed by atoms with Crippen molar-refractivity contribution in [3.8, 4) is 11.3 Å². The maximum absolute atomic E-state index is 11.2. The SMILES string of the molecule is NC(=O)c1ncn2c(N)c(-c3ccccc3)nnc12. The van der Waals surface area contributed by atoms with Gasteiger partial charge in [0.1, 0.15) is 17.8 Å². The van der Waals surface area contributed by atoms with Crippen LogP contribution < -0.4 is 11.5 Å². The van der Waals surface area contributed by atoms with E-state index in [-0.39, 0.29) is 11.3 Å². The van der Waals surface area contributed by atoms with Gasteiger partial charge in [-0.05, 0) is 0 Å². The number of carbonyl (C=O) groups is 1. The summed E-state index contributed by atoms with van der Waals surface area (Å²) in [5, 5.41) is 8.02. The first kappa shape index (κ1) is 11.1. The van der Waals surface area contributed by atoms with Gasteiger partial charge in [-0.2, -0.15) is 0 Å². The van der Waals surface area contributed by atoms with Crippen LogP contribution >= 0.6 is 0 Å². The van der Waals surface area contributed by atoms with E-state index < -0.39 is 5.91 Å². The van der Waals surface area contributed by atoms with Gasteiger partial charge >= 0.3 is 0 Å². The summed E-state index contributed by atoms with van der Waals surface area (Å²) in [5.41, 5.74) is 12.9. The fraction of sp³-hybridized carbons (Fsp3) is 0. The number of rotatable bonds is 2. The molecule has 4 N–H and O–H groups in total. The number of carbonyl (C=O) groups excluding carboxylic acids is 1. The molecule has 7 nitrogen and oxygen atoms in total. The van der Waals surface area contributed by atoms with Crippen LogP contribution in [-0.4, -0.2) is 25.5 Å². The first-order valence-corrected chi connectivity index (χ1v) is 5.53. The van der Waals surface area contributed by atoms with Crippen molar-refractivity contribution in [1.29, 1.82) is 0 Å². The molecule has 0 bridgehead atoms. The Labute approximate surface area is 107 Å². The number of nitrogens with zero attached hydrogens (tertiary/aromatic N) is 4. The molecule has 0 saturated carbocycles. The largest absolute Gasteiger partial charge is 0.383 e. The van der Waals surface area contributed by atoms with E-state index in [0.29, 0.717) is 11.5 Å². The van der Waals surface area contributed by atoms with E-state index in [1.165, 1.54) is 10.7 Å². The van der Waals surface area contributed by atoms with Crippen LogP contribution in [0.4, 0.5) is 5.82 Å². The molecule has 3 aromatic rings. The second-order valence-electron chi connectivity index (χ2n) is 3.95. The van der Waals surface area contributed by atoms with E-state index in [1.54, 1.807) is 0 Å². The Morgan fingerprint density at radius 3 is 2.58 bits per heavy atom. The number of primary amides is 1. The normalized spacial score (nSPS) is 10.7. The minimum Gasteiger partial charge on any atom is -0.383 e. The minimum atomic E-state index is -0.663. The summed E-state index contributed by atoms with van der Waals surface area (Å²) in [6, 6.07) is 9.40. The van der Waals surface area contributed by atoms with Crippen molar-refractivity contribution in [2.24, 2.45) is 5.73 Å². The number of hydrogen-bond donors (Lipinski definition) is 2. The van der Waals surface area contributed by atoms with Crippen LogP contribution in [0.2, 0.25) is 0 Å². The number of hydrogen-bond acceptors (Lipinski definition) is 5. The molecule has 0 saturated heterocycles. The lowest BCUT2D eigenvalue weighted by Gasteiger charge is -2.05. The highest BCUT2D eigenvalue weighted by Crippen LogP contribution is 2.23. The zero-order valence-electron chi connectivity index (χ0n) is 9.82. The average molecular weight is 254 g/mol. The van der Waals surface area contributed by atoms with E-state index in [9.17, 15) is 4.79 Å². The molecule has 3 rings (SSSR count). The number of anilines is 1. The van der Waals surface area contributed by atoms with E-state index in [1.807, 2.05) is 30.3 Å². The number of nitrogen functional groups attached to an aromatic ring is 1. The summed E-state index contributed by atoms with van der Waals surface area (Å²) >= 11 is 0. The van der Waals surface area contributed by atoms with E-state index in [2.05, 4.69) is 15.2 Å². The third kappa shape index (κ3) is 1.68. The summed E-state index contributed by atoms with van der Waals surface area (Å²) in [7, 11) is 0. The average Bonchev–Trinajstić information content (AvgIpc) is 2.85. The van der Waals surface area contributed by atoms with Crippen molar-refractivity contribution < 1.29 is 4.79 Å². The molecule has 1 amide bonds. The van der Waals surface area contributed by atoms with Gasteiger partial charge in [-0.15, -0.1) is 10.2 Å². The molecule has 0 aliphatic rings. The van der Waals surface area contributed by atoms with Crippen molar-refractivity contribution in [3.63, 3.8) is 0 Å². The molecule has 0 aliphatic heterocycles. The first-order chi connectivity index (χ1) is 9.18. The van der Waals surface area contributed by atoms with Crippen LogP contribution in [0, 0.1) is 0 Å². The van der Waals surface area contributed by atoms with Crippen molar-refractivity contribution >= 4 is 17.4 Å². The van der Waals surface area contributed by atoms with Crippen molar-refractivity contribution in [2.75, 3.05) is 5.73 Å². The molecule has 2 aromatic heterocycles. The maximum Gasteiger partial charge on any atom is 0.271 e. The highest BCUT2D eigenvalue weighted by Gasteiger charge is 2.16. The number of benzene rings is 1. The monoisotopic (exact) mass is 254 g/mol. The maximum atomic E-state index is 11.2. The van der Waals surface area contributed by atoms with Crippen LogP contribution in [0.15, 0.2) is 36.7 Å². The van der Waals surface area contributed by atoms with Crippen LogP contribution in [0.1, 0.15) is 10.5 Å². The Morgan fingerprint density at radius 1 is 1.16 bits per heavy atom. The van der Waals surface area contributed by atoms with E-state index in [0.717, 1.165) is 5.56 Å². The lowest BCUT2D eigenvalue weighted by molar-refractivity contribution is 0.0997. The van der Waals surface area contributed by atoms with Crippen LogP contribution in [0.25, 0.3) is 16.9 Å². The standard InChI is InChI=1S/C12H10N6O/c13-10-8(7-4-2-1-3-5-7)16-17-12-9(11(14)19)15-6-18(10)12/h1-6H,13H2,(H2,14,19). The van der Waals surface area contributed by atoms with Crippen LogP contribution in [0.5, 0.6) is 0 Å². The topological polar surface area (TPSA) is 112 Å². The Hall–Kier alpha value is -2.96. The molecule has 1 aromatic carbocycles. The molecule has 0 fully saturated rings. The molecule has 2 heterocycles. The summed E-state index contributed by atoms with van der Waals surface area (Å²) in [4.78, 5) is 15.1. The molecule has 0 radical (unpaired) electrons. The molecular weight excluding hydrogens is 244 g/mol. The van der Waals surface area contributed by atoms with Crippen molar-refractivity contribution in [2.45, 2.75) is 0 Å². The van der Waals surface area contributed by atoms with Crippen molar-refractivity contribution in [1.82, 2.24) is 19.6 Å². The second kappa shape index (κ2) is 4.05. The fourth-order valence-corrected chi connectivity index (χ4v) is 1.85. The molecule has 0 aliphatic carbocycles. The van der Waals surface area contributed by atoms with Gasteiger partial charge in [-0.25, -0.2) is 4.98 Å². The van der Waals surface area contributed by atoms with Gasteiger partial charge < -0.3 is 11.5 Å². The lowest BCUT2D eigenvalue weighted by Crippen LogP contribution is -2.13. The van der Waals surface area contributed by atoms with Gasteiger partial charge in [0.2, 0.25) is 0 Å². The Kier molecular flexibility index (Phi) is 2.38. The predicted octanol–water partition coefficient (Wildman–Crippen LogP) is 0.472. The summed E-state index contributed by atoms with van der Waals surface area (Å²) in [6.07, 6.45) is 1.41. The Morgan fingerprint density at radius 2 is 1.89 bits per heavy atom. The van der Waals surface area contributed by atoms with E-state index >= 15 is 0 Å². The molecule has 7 heteroatoms. The third-order valence-corrected chi connectivity index (χ3v) is 2.77. The minimum absolute atomic E-state index is 0.0545. The summed E-state index contributed by atoms with van der Waals surface area (Å²) in [5.74, 6) is -0.306. The van der Waals surface area contributed by atoms with Gasteiger partial charge in [0.05, 0.1) is 0 Å². The number of imidazole rings is 1. The summed E-state index contributed by atoms with van der Waals surface area (Å²) < 4.78 is 1.50. The second-order valence-corrected chi connectivity index (χ2v) is 3.95. The molecule has 19 heavy (non-hydrogen) atoms.